The largest absolute Gasteiger partial charge is 0.456 e. The Morgan fingerprint density at radius 3 is 1.62 bits per heavy atom. The van der Waals surface area contributed by atoms with Gasteiger partial charge in [0.2, 0.25) is 0 Å². The van der Waals surface area contributed by atoms with Crippen molar-refractivity contribution in [2.45, 2.75) is 0 Å². The van der Waals surface area contributed by atoms with Crippen LogP contribution in [-0.2, 0) is 0 Å². The maximum atomic E-state index is 6.77. The third-order valence-electron chi connectivity index (χ3n) is 12.2. The van der Waals surface area contributed by atoms with Gasteiger partial charge in [-0.15, -0.1) is 0 Å². The van der Waals surface area contributed by atoms with Gasteiger partial charge in [0.1, 0.15) is 11.2 Å². The first-order valence-electron chi connectivity index (χ1n) is 20.8. The highest BCUT2D eigenvalue weighted by Gasteiger charge is 2.26. The van der Waals surface area contributed by atoms with E-state index in [-0.39, 0.29) is 0 Å². The van der Waals surface area contributed by atoms with E-state index in [4.69, 9.17) is 4.42 Å². The highest BCUT2D eigenvalue weighted by Crippen LogP contribution is 2.50. The summed E-state index contributed by atoms with van der Waals surface area (Å²) >= 11 is 0. The van der Waals surface area contributed by atoms with Gasteiger partial charge in [0.05, 0.1) is 16.7 Å². The number of furan rings is 1. The molecule has 0 amide bonds. The number of hydrogen-bond acceptors (Lipinski definition) is 2. The first-order valence-corrected chi connectivity index (χ1v) is 20.8. The lowest BCUT2D eigenvalue weighted by molar-refractivity contribution is 0.669. The summed E-state index contributed by atoms with van der Waals surface area (Å²) in [5, 5.41) is 6.98. The van der Waals surface area contributed by atoms with Gasteiger partial charge < -0.3 is 13.9 Å². The molecule has 0 aliphatic carbocycles. The van der Waals surface area contributed by atoms with Crippen molar-refractivity contribution in [2.24, 2.45) is 0 Å². The number of nitrogens with zero attached hydrogens (tertiary/aromatic N) is 2. The fourth-order valence-electron chi connectivity index (χ4n) is 9.36. The SMILES string of the molecule is c1ccc(-c2ccc(N(c3ccc4ccccc4c3)c3cccc4c5c(-c6ccccc6)c6c(cc5n(-c5ccc(-c7ccccc7)cc5)c34)oc3ccccc36)cc2)cc1. The minimum atomic E-state index is 0.863. The topological polar surface area (TPSA) is 21.3 Å². The summed E-state index contributed by atoms with van der Waals surface area (Å²) in [6, 6.07) is 82.9. The van der Waals surface area contributed by atoms with Crippen LogP contribution in [0.25, 0.3) is 93.6 Å². The van der Waals surface area contributed by atoms with Crippen molar-refractivity contribution in [1.82, 2.24) is 4.57 Å². The van der Waals surface area contributed by atoms with Gasteiger partial charge >= 0.3 is 0 Å². The minimum Gasteiger partial charge on any atom is -0.456 e. The monoisotopic (exact) mass is 778 g/mol. The van der Waals surface area contributed by atoms with Crippen LogP contribution in [0, 0.1) is 0 Å². The summed E-state index contributed by atoms with van der Waals surface area (Å²) in [4.78, 5) is 2.43. The van der Waals surface area contributed by atoms with Gasteiger partial charge in [0, 0.05) is 50.2 Å². The number of anilines is 3. The summed E-state index contributed by atoms with van der Waals surface area (Å²) in [5.41, 5.74) is 15.3. The van der Waals surface area contributed by atoms with Crippen LogP contribution >= 0.6 is 0 Å². The number of para-hydroxylation sites is 2. The summed E-state index contributed by atoms with van der Waals surface area (Å²) in [5.74, 6) is 0. The zero-order chi connectivity index (χ0) is 40.3. The fraction of sp³-hybridized carbons (Fsp3) is 0. The summed E-state index contributed by atoms with van der Waals surface area (Å²) in [7, 11) is 0. The molecule has 0 bridgehead atoms. The molecular weight excluding hydrogens is 741 g/mol. The first-order chi connectivity index (χ1) is 30.3. The smallest absolute Gasteiger partial charge is 0.138 e. The standard InChI is InChI=1S/C58H38N2O/c1-4-15-39(16-5-1)42-27-32-46(33-28-42)59(48-36-31-41-19-10-11-22-45(41)37-48)51-25-14-24-50-56-52(60(58(50)51)47-34-29-43(30-35-47)40-17-6-2-7-18-40)38-54-57(49-23-12-13-26-53(49)61-54)55(56)44-20-8-3-9-21-44/h1-38H. The lowest BCUT2D eigenvalue weighted by Crippen LogP contribution is -2.11. The molecule has 2 heterocycles. The molecule has 0 saturated heterocycles. The van der Waals surface area contributed by atoms with Crippen molar-refractivity contribution in [3.8, 4) is 39.1 Å². The molecule has 61 heavy (non-hydrogen) atoms. The molecule has 2 aromatic heterocycles. The van der Waals surface area contributed by atoms with Crippen LogP contribution in [0.4, 0.5) is 17.1 Å². The van der Waals surface area contributed by atoms with Crippen LogP contribution in [0.15, 0.2) is 235 Å². The Labute approximate surface area is 353 Å². The van der Waals surface area contributed by atoms with E-state index in [1.807, 2.05) is 0 Å². The Hall–Kier alpha value is -8.14. The quantitative estimate of drug-likeness (QED) is 0.161. The second-order valence-electron chi connectivity index (χ2n) is 15.7. The van der Waals surface area contributed by atoms with Crippen LogP contribution in [0.5, 0.6) is 0 Å². The van der Waals surface area contributed by atoms with E-state index < -0.39 is 0 Å². The molecule has 286 valence electrons. The minimum absolute atomic E-state index is 0.863. The van der Waals surface area contributed by atoms with E-state index in [1.165, 1.54) is 44.0 Å². The van der Waals surface area contributed by atoms with Crippen molar-refractivity contribution in [3.63, 3.8) is 0 Å². The van der Waals surface area contributed by atoms with Crippen molar-refractivity contribution in [2.75, 3.05) is 4.90 Å². The third kappa shape index (κ3) is 5.82. The van der Waals surface area contributed by atoms with Crippen LogP contribution in [-0.4, -0.2) is 4.57 Å². The number of hydrogen-bond donors (Lipinski definition) is 0. The highest BCUT2D eigenvalue weighted by atomic mass is 16.3. The average Bonchev–Trinajstić information content (AvgIpc) is 3.88. The number of rotatable bonds is 7. The molecule has 3 heteroatoms. The van der Waals surface area contributed by atoms with Gasteiger partial charge in [-0.25, -0.2) is 0 Å². The Morgan fingerprint density at radius 1 is 0.361 bits per heavy atom. The molecule has 12 rings (SSSR count). The Bertz CT molecular complexity index is 3550. The predicted octanol–water partition coefficient (Wildman–Crippen LogP) is 16.3. The second kappa shape index (κ2) is 14.3. The maximum Gasteiger partial charge on any atom is 0.138 e. The predicted molar refractivity (Wildman–Crippen MR) is 257 cm³/mol. The average molecular weight is 779 g/mol. The number of benzene rings is 10. The second-order valence-corrected chi connectivity index (χ2v) is 15.7. The Kier molecular flexibility index (Phi) is 8.17. The van der Waals surface area contributed by atoms with Gasteiger partial charge in [0.15, 0.2) is 0 Å². The molecule has 0 atom stereocenters. The summed E-state index contributed by atoms with van der Waals surface area (Å²) in [6.07, 6.45) is 0. The fourth-order valence-corrected chi connectivity index (χ4v) is 9.36. The molecule has 12 aromatic rings. The van der Waals surface area contributed by atoms with E-state index in [0.29, 0.717) is 0 Å². The Balaban J connectivity index is 1.20. The molecule has 0 radical (unpaired) electrons. The molecule has 0 aliphatic heterocycles. The molecule has 0 spiro atoms. The van der Waals surface area contributed by atoms with Gasteiger partial charge in [-0.1, -0.05) is 176 Å². The molecular formula is C58H38N2O. The van der Waals surface area contributed by atoms with Gasteiger partial charge in [-0.05, 0) is 87.1 Å². The van der Waals surface area contributed by atoms with Crippen molar-refractivity contribution < 1.29 is 4.42 Å². The molecule has 0 unspecified atom stereocenters. The lowest BCUT2D eigenvalue weighted by Gasteiger charge is -2.27. The van der Waals surface area contributed by atoms with Crippen molar-refractivity contribution in [1.29, 1.82) is 0 Å². The summed E-state index contributed by atoms with van der Waals surface area (Å²) < 4.78 is 9.23. The van der Waals surface area contributed by atoms with E-state index in [2.05, 4.69) is 240 Å². The van der Waals surface area contributed by atoms with Gasteiger partial charge in [0.25, 0.3) is 0 Å². The van der Waals surface area contributed by atoms with Gasteiger partial charge in [-0.2, -0.15) is 0 Å². The molecule has 0 saturated carbocycles. The van der Waals surface area contributed by atoms with E-state index >= 15 is 0 Å². The van der Waals surface area contributed by atoms with Crippen LogP contribution < -0.4 is 4.90 Å². The van der Waals surface area contributed by atoms with Crippen LogP contribution in [0.1, 0.15) is 0 Å². The molecule has 10 aromatic carbocycles. The number of aromatic nitrogens is 1. The normalized spacial score (nSPS) is 11.6. The van der Waals surface area contributed by atoms with E-state index in [0.717, 1.165) is 66.7 Å². The zero-order valence-electron chi connectivity index (χ0n) is 33.2. The van der Waals surface area contributed by atoms with Gasteiger partial charge in [-0.3, -0.25) is 0 Å². The van der Waals surface area contributed by atoms with E-state index in [9.17, 15) is 0 Å². The summed E-state index contributed by atoms with van der Waals surface area (Å²) in [6.45, 7) is 0. The lowest BCUT2D eigenvalue weighted by atomic mass is 9.94. The molecule has 0 aliphatic rings. The number of fused-ring (bicyclic) bond motifs is 7. The highest BCUT2D eigenvalue weighted by molar-refractivity contribution is 6.28. The maximum absolute atomic E-state index is 6.77. The molecule has 3 nitrogen and oxygen atoms in total. The van der Waals surface area contributed by atoms with Crippen LogP contribution in [0.2, 0.25) is 0 Å². The van der Waals surface area contributed by atoms with Crippen LogP contribution in [0.3, 0.4) is 0 Å². The van der Waals surface area contributed by atoms with E-state index in [1.54, 1.807) is 0 Å². The molecule has 0 fully saturated rings. The van der Waals surface area contributed by atoms with Crippen molar-refractivity contribution in [3.05, 3.63) is 231 Å². The Morgan fingerprint density at radius 2 is 0.918 bits per heavy atom. The van der Waals surface area contributed by atoms with Crippen molar-refractivity contribution >= 4 is 71.6 Å². The zero-order valence-corrected chi connectivity index (χ0v) is 33.2. The first kappa shape index (κ1) is 34.9. The third-order valence-corrected chi connectivity index (χ3v) is 12.2. The molecule has 0 N–H and O–H groups in total.